The predicted octanol–water partition coefficient (Wildman–Crippen LogP) is 3.13. The van der Waals surface area contributed by atoms with Crippen molar-refractivity contribution in [2.45, 2.75) is 58.0 Å². The van der Waals surface area contributed by atoms with Crippen LogP contribution in [0.25, 0.3) is 0 Å². The first-order valence-corrected chi connectivity index (χ1v) is 7.81. The Morgan fingerprint density at radius 2 is 1.95 bits per heavy atom. The van der Waals surface area contributed by atoms with Crippen LogP contribution in [-0.4, -0.2) is 18.6 Å². The average molecular weight is 258 g/mol. The number of aryl methyl sites for hydroxylation is 1. The smallest absolute Gasteiger partial charge is 0.0404 e. The van der Waals surface area contributed by atoms with Gasteiger partial charge in [0.15, 0.2) is 0 Å². The summed E-state index contributed by atoms with van der Waals surface area (Å²) in [6, 6.07) is 7.81. The molecule has 1 fully saturated rings. The summed E-state index contributed by atoms with van der Waals surface area (Å²) in [5.41, 5.74) is 10.9. The second-order valence-corrected chi connectivity index (χ2v) is 6.37. The summed E-state index contributed by atoms with van der Waals surface area (Å²) in [5.74, 6) is 0.577. The van der Waals surface area contributed by atoms with Gasteiger partial charge < -0.3 is 10.6 Å². The van der Waals surface area contributed by atoms with Crippen molar-refractivity contribution >= 4 is 5.69 Å². The number of anilines is 1. The van der Waals surface area contributed by atoms with Gasteiger partial charge in [-0.2, -0.15) is 0 Å². The molecule has 0 saturated carbocycles. The SMILES string of the molecule is CC1C(N)CCN(c2cccc3c2CCCC3)C1C. The van der Waals surface area contributed by atoms with Gasteiger partial charge >= 0.3 is 0 Å². The van der Waals surface area contributed by atoms with Crippen LogP contribution < -0.4 is 10.6 Å². The van der Waals surface area contributed by atoms with Gasteiger partial charge in [-0.1, -0.05) is 19.1 Å². The van der Waals surface area contributed by atoms with Crippen molar-refractivity contribution in [3.05, 3.63) is 29.3 Å². The fourth-order valence-corrected chi connectivity index (χ4v) is 3.77. The molecule has 2 aliphatic rings. The molecule has 2 heteroatoms. The topological polar surface area (TPSA) is 29.3 Å². The Morgan fingerprint density at radius 1 is 1.16 bits per heavy atom. The van der Waals surface area contributed by atoms with E-state index in [2.05, 4.69) is 36.9 Å². The minimum absolute atomic E-state index is 0.366. The molecular weight excluding hydrogens is 232 g/mol. The highest BCUT2D eigenvalue weighted by Crippen LogP contribution is 2.35. The summed E-state index contributed by atoms with van der Waals surface area (Å²) >= 11 is 0. The summed E-state index contributed by atoms with van der Waals surface area (Å²) < 4.78 is 0. The van der Waals surface area contributed by atoms with E-state index in [-0.39, 0.29) is 0 Å². The van der Waals surface area contributed by atoms with E-state index in [1.165, 1.54) is 31.4 Å². The molecule has 19 heavy (non-hydrogen) atoms. The molecule has 0 bridgehead atoms. The summed E-state index contributed by atoms with van der Waals surface area (Å²) in [5, 5.41) is 0. The van der Waals surface area contributed by atoms with E-state index in [4.69, 9.17) is 5.73 Å². The molecule has 1 aliphatic carbocycles. The Balaban J connectivity index is 1.94. The van der Waals surface area contributed by atoms with Crippen LogP contribution in [-0.2, 0) is 12.8 Å². The zero-order valence-electron chi connectivity index (χ0n) is 12.2. The maximum absolute atomic E-state index is 6.22. The Morgan fingerprint density at radius 3 is 2.79 bits per heavy atom. The quantitative estimate of drug-likeness (QED) is 0.838. The number of rotatable bonds is 1. The molecule has 3 unspecified atom stereocenters. The maximum Gasteiger partial charge on any atom is 0.0404 e. The molecule has 1 aliphatic heterocycles. The van der Waals surface area contributed by atoms with Crippen LogP contribution >= 0.6 is 0 Å². The van der Waals surface area contributed by atoms with Crippen LogP contribution in [0.5, 0.6) is 0 Å². The van der Waals surface area contributed by atoms with E-state index < -0.39 is 0 Å². The molecule has 1 aromatic rings. The number of nitrogens with two attached hydrogens (primary N) is 1. The first kappa shape index (κ1) is 13.0. The third-order valence-corrected chi connectivity index (χ3v) is 5.31. The molecule has 104 valence electrons. The molecule has 1 heterocycles. The molecular formula is C17H26N2. The van der Waals surface area contributed by atoms with Crippen LogP contribution in [0.3, 0.4) is 0 Å². The summed E-state index contributed by atoms with van der Waals surface area (Å²) in [7, 11) is 0. The fraction of sp³-hybridized carbons (Fsp3) is 0.647. The normalized spacial score (nSPS) is 31.1. The van der Waals surface area contributed by atoms with Crippen LogP contribution in [0.15, 0.2) is 18.2 Å². The van der Waals surface area contributed by atoms with E-state index in [9.17, 15) is 0 Å². The largest absolute Gasteiger partial charge is 0.368 e. The lowest BCUT2D eigenvalue weighted by molar-refractivity contribution is 0.315. The number of hydrogen-bond donors (Lipinski definition) is 1. The molecule has 0 aromatic heterocycles. The van der Waals surface area contributed by atoms with Gasteiger partial charge in [-0.05, 0) is 62.1 Å². The molecule has 3 rings (SSSR count). The van der Waals surface area contributed by atoms with Gasteiger partial charge in [0.2, 0.25) is 0 Å². The third-order valence-electron chi connectivity index (χ3n) is 5.31. The Labute approximate surface area is 117 Å². The first-order valence-electron chi connectivity index (χ1n) is 7.81. The van der Waals surface area contributed by atoms with Gasteiger partial charge in [-0.25, -0.2) is 0 Å². The number of piperidine rings is 1. The van der Waals surface area contributed by atoms with Crippen molar-refractivity contribution in [1.29, 1.82) is 0 Å². The summed E-state index contributed by atoms with van der Waals surface area (Å²) in [6.45, 7) is 5.76. The molecule has 0 amide bonds. The second-order valence-electron chi connectivity index (χ2n) is 6.37. The first-order chi connectivity index (χ1) is 9.18. The van der Waals surface area contributed by atoms with E-state index >= 15 is 0 Å². The lowest BCUT2D eigenvalue weighted by atomic mass is 9.85. The number of hydrogen-bond acceptors (Lipinski definition) is 2. The van der Waals surface area contributed by atoms with Crippen molar-refractivity contribution < 1.29 is 0 Å². The Hall–Kier alpha value is -1.02. The highest BCUT2D eigenvalue weighted by Gasteiger charge is 2.31. The van der Waals surface area contributed by atoms with Gasteiger partial charge in [0.05, 0.1) is 0 Å². The van der Waals surface area contributed by atoms with Crippen molar-refractivity contribution in [2.24, 2.45) is 11.7 Å². The van der Waals surface area contributed by atoms with Crippen molar-refractivity contribution in [3.63, 3.8) is 0 Å². The lowest BCUT2D eigenvalue weighted by Gasteiger charge is -2.44. The van der Waals surface area contributed by atoms with E-state index in [0.717, 1.165) is 13.0 Å². The number of benzene rings is 1. The highest BCUT2D eigenvalue weighted by atomic mass is 15.2. The Kier molecular flexibility index (Phi) is 3.53. The standard InChI is InChI=1S/C17H26N2/c1-12-13(2)19(11-10-16(12)18)17-9-5-7-14-6-3-4-8-15(14)17/h5,7,9,12-13,16H,3-4,6,8,10-11,18H2,1-2H3. The fourth-order valence-electron chi connectivity index (χ4n) is 3.77. The second kappa shape index (κ2) is 5.16. The van der Waals surface area contributed by atoms with E-state index in [0.29, 0.717) is 18.0 Å². The summed E-state index contributed by atoms with van der Waals surface area (Å²) in [6.07, 6.45) is 6.35. The third kappa shape index (κ3) is 2.27. The van der Waals surface area contributed by atoms with Crippen LogP contribution in [0.2, 0.25) is 0 Å². The van der Waals surface area contributed by atoms with Crippen LogP contribution in [0.1, 0.15) is 44.2 Å². The zero-order valence-corrected chi connectivity index (χ0v) is 12.2. The molecule has 1 saturated heterocycles. The van der Waals surface area contributed by atoms with Crippen molar-refractivity contribution in [3.8, 4) is 0 Å². The van der Waals surface area contributed by atoms with Crippen molar-refractivity contribution in [2.75, 3.05) is 11.4 Å². The molecule has 1 aromatic carbocycles. The molecule has 0 spiro atoms. The average Bonchev–Trinajstić information content (AvgIpc) is 2.45. The van der Waals surface area contributed by atoms with Gasteiger partial charge in [0, 0.05) is 24.3 Å². The van der Waals surface area contributed by atoms with Crippen LogP contribution in [0, 0.1) is 5.92 Å². The molecule has 0 radical (unpaired) electrons. The minimum atomic E-state index is 0.366. The molecule has 2 N–H and O–H groups in total. The van der Waals surface area contributed by atoms with Gasteiger partial charge in [-0.3, -0.25) is 0 Å². The van der Waals surface area contributed by atoms with Crippen LogP contribution in [0.4, 0.5) is 5.69 Å². The van der Waals surface area contributed by atoms with Gasteiger partial charge in [0.25, 0.3) is 0 Å². The van der Waals surface area contributed by atoms with Gasteiger partial charge in [0.1, 0.15) is 0 Å². The molecule has 3 atom stereocenters. The van der Waals surface area contributed by atoms with E-state index in [1.54, 1.807) is 11.1 Å². The minimum Gasteiger partial charge on any atom is -0.368 e. The number of fused-ring (bicyclic) bond motifs is 1. The van der Waals surface area contributed by atoms with Crippen molar-refractivity contribution in [1.82, 2.24) is 0 Å². The maximum atomic E-state index is 6.22. The van der Waals surface area contributed by atoms with E-state index in [1.807, 2.05) is 0 Å². The monoisotopic (exact) mass is 258 g/mol. The number of nitrogens with zero attached hydrogens (tertiary/aromatic N) is 1. The highest BCUT2D eigenvalue weighted by molar-refractivity contribution is 5.58. The zero-order chi connectivity index (χ0) is 13.4. The Bertz CT molecular complexity index is 455. The summed E-state index contributed by atoms with van der Waals surface area (Å²) in [4.78, 5) is 2.61. The lowest BCUT2D eigenvalue weighted by Crippen LogP contribution is -2.52. The predicted molar refractivity (Wildman–Crippen MR) is 81.6 cm³/mol. The molecule has 2 nitrogen and oxygen atoms in total. The van der Waals surface area contributed by atoms with Gasteiger partial charge in [-0.15, -0.1) is 0 Å².